The van der Waals surface area contributed by atoms with Gasteiger partial charge in [0.15, 0.2) is 0 Å². The van der Waals surface area contributed by atoms with E-state index in [1.807, 2.05) is 18.2 Å². The van der Waals surface area contributed by atoms with Crippen molar-refractivity contribution >= 4 is 25.4 Å². The lowest BCUT2D eigenvalue weighted by Gasteiger charge is -2.30. The van der Waals surface area contributed by atoms with Crippen molar-refractivity contribution in [1.82, 2.24) is 0 Å². The molecule has 0 fully saturated rings. The molecule has 2 rings (SSSR count). The average Bonchev–Trinajstić information content (AvgIpc) is 3.07. The smallest absolute Gasteiger partial charge is 0.469 e. The van der Waals surface area contributed by atoms with E-state index in [2.05, 4.69) is 0 Å². The van der Waals surface area contributed by atoms with Crippen molar-refractivity contribution in [3.63, 3.8) is 0 Å². The minimum atomic E-state index is -3.74. The first-order chi connectivity index (χ1) is 15.2. The Bertz CT molecular complexity index is 866. The predicted molar refractivity (Wildman–Crippen MR) is 127 cm³/mol. The maximum atomic E-state index is 13.0. The molecular weight excluding hydrogens is 446 g/mol. The second-order valence-electron chi connectivity index (χ2n) is 10.2. The number of rotatable bonds is 10. The fraction of sp³-hybridized carbons (Fsp3) is 0.667. The topological polar surface area (TPSA) is 91.4 Å². The van der Waals surface area contributed by atoms with E-state index in [4.69, 9.17) is 18.3 Å². The van der Waals surface area contributed by atoms with Gasteiger partial charge < -0.3 is 9.64 Å². The number of fused-ring (bicyclic) bond motifs is 1. The monoisotopic (exact) mass is 484 g/mol. The normalized spacial score (nSPS) is 14.3. The quantitative estimate of drug-likeness (QED) is 0.195. The number of hydrogen-bond donors (Lipinski definition) is 0. The highest BCUT2D eigenvalue weighted by atomic mass is 31.2. The Kier molecular flexibility index (Phi) is 9.28. The predicted octanol–water partition coefficient (Wildman–Crippen LogP) is 5.22. The van der Waals surface area contributed by atoms with E-state index in [-0.39, 0.29) is 24.9 Å². The van der Waals surface area contributed by atoms with Crippen LogP contribution in [0.1, 0.15) is 71.9 Å². The molecule has 1 aliphatic heterocycles. The molecule has 8 nitrogen and oxygen atoms in total. The number of nitrogens with zero attached hydrogens (tertiary/aromatic N) is 1. The van der Waals surface area contributed by atoms with Crippen LogP contribution in [-0.4, -0.2) is 43.3 Å². The van der Waals surface area contributed by atoms with Crippen molar-refractivity contribution in [2.75, 3.05) is 25.2 Å². The molecule has 1 aromatic rings. The van der Waals surface area contributed by atoms with Crippen LogP contribution in [-0.2, 0) is 45.3 Å². The molecule has 1 heterocycles. The summed E-state index contributed by atoms with van der Waals surface area (Å²) in [5, 5.41) is 0. The summed E-state index contributed by atoms with van der Waals surface area (Å²) in [7, 11) is -2.37. The first-order valence-electron chi connectivity index (χ1n) is 11.4. The molecule has 33 heavy (non-hydrogen) atoms. The van der Waals surface area contributed by atoms with Gasteiger partial charge in [0.2, 0.25) is 5.91 Å². The van der Waals surface area contributed by atoms with E-state index < -0.39 is 19.0 Å². The van der Waals surface area contributed by atoms with Crippen molar-refractivity contribution in [1.29, 1.82) is 0 Å². The van der Waals surface area contributed by atoms with Crippen LogP contribution in [0.15, 0.2) is 18.2 Å². The summed E-state index contributed by atoms with van der Waals surface area (Å²) in [4.78, 5) is 26.0. The average molecular weight is 485 g/mol. The largest absolute Gasteiger partial charge is 0.475 e. The second kappa shape index (κ2) is 11.1. The minimum Gasteiger partial charge on any atom is -0.469 e. The van der Waals surface area contributed by atoms with Crippen LogP contribution in [0.2, 0.25) is 0 Å². The maximum absolute atomic E-state index is 13.0. The van der Waals surface area contributed by atoms with E-state index >= 15 is 0 Å². The van der Waals surface area contributed by atoms with Gasteiger partial charge in [0, 0.05) is 18.7 Å². The Balaban J connectivity index is 1.85. The molecule has 0 aliphatic carbocycles. The third kappa shape index (κ3) is 9.20. The minimum absolute atomic E-state index is 0.0366. The summed E-state index contributed by atoms with van der Waals surface area (Å²) < 4.78 is 34.5. The van der Waals surface area contributed by atoms with Crippen LogP contribution in [0.4, 0.5) is 5.69 Å². The summed E-state index contributed by atoms with van der Waals surface area (Å²) >= 11 is 0. The standard InChI is InChI=1S/C24H38NO7P/c1-23(2,3)31-33(28,32-24(4,5)6)30-15-9-8-10-21(26)25-14-13-19-16-18(11-12-20(19)25)17-22(27)29-7/h11-12,16H,8-10,13-15,17H2,1-7H3/i21+1. The molecule has 0 unspecified atom stereocenters. The first-order valence-corrected chi connectivity index (χ1v) is 12.8. The summed E-state index contributed by atoms with van der Waals surface area (Å²) in [5.74, 6) is -0.247. The number of benzene rings is 1. The summed E-state index contributed by atoms with van der Waals surface area (Å²) in [6, 6.07) is 5.72. The number of unbranched alkanes of at least 4 members (excludes halogenated alkanes) is 1. The van der Waals surface area contributed by atoms with Crippen LogP contribution < -0.4 is 4.90 Å². The van der Waals surface area contributed by atoms with E-state index in [1.54, 1.807) is 46.4 Å². The van der Waals surface area contributed by atoms with Crippen LogP contribution in [0.25, 0.3) is 0 Å². The van der Waals surface area contributed by atoms with Crippen molar-refractivity contribution < 1.29 is 32.5 Å². The van der Waals surface area contributed by atoms with Crippen LogP contribution in [0.5, 0.6) is 0 Å². The Morgan fingerprint density at radius 2 is 1.67 bits per heavy atom. The number of carbonyl (C=O) groups excluding carboxylic acids is 2. The lowest BCUT2D eigenvalue weighted by Crippen LogP contribution is -2.28. The fourth-order valence-electron chi connectivity index (χ4n) is 3.49. The summed E-state index contributed by atoms with van der Waals surface area (Å²) in [5.41, 5.74) is 1.47. The van der Waals surface area contributed by atoms with Gasteiger partial charge in [-0.1, -0.05) is 12.1 Å². The van der Waals surface area contributed by atoms with Crippen molar-refractivity contribution in [3.05, 3.63) is 29.3 Å². The number of hydrogen-bond acceptors (Lipinski definition) is 7. The van der Waals surface area contributed by atoms with Gasteiger partial charge in [-0.15, -0.1) is 0 Å². The maximum Gasteiger partial charge on any atom is 0.475 e. The molecule has 0 atom stereocenters. The zero-order valence-electron chi connectivity index (χ0n) is 20.9. The van der Waals surface area contributed by atoms with Gasteiger partial charge in [-0.25, -0.2) is 4.57 Å². The van der Waals surface area contributed by atoms with E-state index in [0.717, 1.165) is 23.2 Å². The van der Waals surface area contributed by atoms with Gasteiger partial charge in [-0.3, -0.25) is 23.2 Å². The number of anilines is 1. The molecule has 0 N–H and O–H groups in total. The zero-order chi connectivity index (χ0) is 24.9. The highest BCUT2D eigenvalue weighted by molar-refractivity contribution is 7.48. The van der Waals surface area contributed by atoms with Gasteiger partial charge in [0.05, 0.1) is 31.3 Å². The Morgan fingerprint density at radius 3 is 2.24 bits per heavy atom. The number of phosphoric ester groups is 1. The molecule has 1 aromatic carbocycles. The van der Waals surface area contributed by atoms with Gasteiger partial charge in [-0.05, 0) is 78.0 Å². The van der Waals surface area contributed by atoms with Crippen molar-refractivity contribution in [2.45, 2.75) is 84.8 Å². The number of methoxy groups -OCH3 is 1. The van der Waals surface area contributed by atoms with Gasteiger partial charge >= 0.3 is 13.8 Å². The number of phosphoric acid groups is 1. The lowest BCUT2D eigenvalue weighted by molar-refractivity contribution is -0.139. The zero-order valence-corrected chi connectivity index (χ0v) is 21.8. The number of carbonyl (C=O) groups is 2. The molecule has 0 spiro atoms. The molecule has 186 valence electrons. The molecule has 0 saturated heterocycles. The third-order valence-electron chi connectivity index (χ3n) is 4.72. The Hall–Kier alpha value is -1.73. The van der Waals surface area contributed by atoms with Crippen molar-refractivity contribution in [3.8, 4) is 0 Å². The lowest BCUT2D eigenvalue weighted by atomic mass is 10.1. The molecule has 0 radical (unpaired) electrons. The SMILES string of the molecule is COC(=O)Cc1ccc2c(c1)CCN2[13C](=O)CCCCOP(=O)(OC(C)(C)C)OC(C)(C)C. The van der Waals surface area contributed by atoms with Gasteiger partial charge in [-0.2, -0.15) is 0 Å². The summed E-state index contributed by atoms with van der Waals surface area (Å²) in [6.45, 7) is 11.5. The Morgan fingerprint density at radius 1 is 1.03 bits per heavy atom. The molecule has 0 bridgehead atoms. The van der Waals surface area contributed by atoms with Gasteiger partial charge in [0.1, 0.15) is 0 Å². The molecule has 1 amide bonds. The van der Waals surface area contributed by atoms with Crippen LogP contribution >= 0.6 is 7.82 Å². The Labute approximate surface area is 197 Å². The van der Waals surface area contributed by atoms with E-state index in [0.29, 0.717) is 25.8 Å². The number of amides is 1. The molecule has 9 heteroatoms. The number of ether oxygens (including phenoxy) is 1. The molecule has 1 aliphatic rings. The van der Waals surface area contributed by atoms with Crippen molar-refractivity contribution in [2.24, 2.45) is 0 Å². The fourth-order valence-corrected chi connectivity index (χ4v) is 5.33. The second-order valence-corrected chi connectivity index (χ2v) is 11.7. The molecule has 0 saturated carbocycles. The number of esters is 1. The summed E-state index contributed by atoms with van der Waals surface area (Å²) in [6.07, 6.45) is 2.49. The third-order valence-corrected chi connectivity index (χ3v) is 6.76. The molecule has 0 aromatic heterocycles. The first kappa shape index (κ1) is 27.5. The van der Waals surface area contributed by atoms with Crippen LogP contribution in [0.3, 0.4) is 0 Å². The van der Waals surface area contributed by atoms with E-state index in [1.165, 1.54) is 7.11 Å². The van der Waals surface area contributed by atoms with Crippen LogP contribution in [0, 0.1) is 0 Å². The molecular formula is C24H38NO7P. The highest BCUT2D eigenvalue weighted by Gasteiger charge is 2.37. The van der Waals surface area contributed by atoms with E-state index in [9.17, 15) is 14.2 Å². The highest BCUT2D eigenvalue weighted by Crippen LogP contribution is 2.55. The van der Waals surface area contributed by atoms with Gasteiger partial charge in [0.25, 0.3) is 0 Å².